The van der Waals surface area contributed by atoms with Crippen LogP contribution in [0.3, 0.4) is 0 Å². The van der Waals surface area contributed by atoms with Crippen LogP contribution in [0.4, 0.5) is 10.5 Å². The number of nitrogens with one attached hydrogen (secondary N) is 1. The van der Waals surface area contributed by atoms with Gasteiger partial charge < -0.3 is 20.7 Å². The number of rotatable bonds is 5. The van der Waals surface area contributed by atoms with Gasteiger partial charge in [-0.3, -0.25) is 19.5 Å². The van der Waals surface area contributed by atoms with Crippen molar-refractivity contribution in [1.82, 2.24) is 14.8 Å². The van der Waals surface area contributed by atoms with E-state index in [0.29, 0.717) is 53.7 Å². The first kappa shape index (κ1) is 27.4. The number of nitrogens with two attached hydrogens (primary N) is 1. The highest BCUT2D eigenvalue weighted by atomic mass is 35.5. The van der Waals surface area contributed by atoms with E-state index < -0.39 is 11.5 Å². The Kier molecular flexibility index (Phi) is 8.26. The number of benzene rings is 1. The highest BCUT2D eigenvalue weighted by molar-refractivity contribution is 6.31. The first-order valence-electron chi connectivity index (χ1n) is 11.8. The van der Waals surface area contributed by atoms with E-state index in [1.807, 2.05) is 34.6 Å². The van der Waals surface area contributed by atoms with Crippen molar-refractivity contribution in [3.05, 3.63) is 57.4 Å². The van der Waals surface area contributed by atoms with Gasteiger partial charge in [0, 0.05) is 49.7 Å². The first-order chi connectivity index (χ1) is 16.7. The number of hydrogen-bond acceptors (Lipinski definition) is 6. The van der Waals surface area contributed by atoms with Gasteiger partial charge >= 0.3 is 6.09 Å². The third-order valence-electron chi connectivity index (χ3n) is 6.07. The van der Waals surface area contributed by atoms with Gasteiger partial charge in [0.1, 0.15) is 5.60 Å². The molecule has 0 bridgehead atoms. The highest BCUT2D eigenvalue weighted by Gasteiger charge is 2.31. The molecule has 36 heavy (non-hydrogen) atoms. The summed E-state index contributed by atoms with van der Waals surface area (Å²) in [5.74, 6) is -0.977. The molecule has 1 aromatic heterocycles. The summed E-state index contributed by atoms with van der Waals surface area (Å²) in [6, 6.07) is 4.83. The summed E-state index contributed by atoms with van der Waals surface area (Å²) in [5, 5.41) is 3.26. The predicted molar refractivity (Wildman–Crippen MR) is 139 cm³/mol. The monoisotopic (exact) mass is 515 g/mol. The summed E-state index contributed by atoms with van der Waals surface area (Å²) in [6.07, 6.45) is 1.13. The molecular formula is C26H34ClN5O4. The van der Waals surface area contributed by atoms with Crippen molar-refractivity contribution in [3.8, 4) is 0 Å². The molecule has 1 aliphatic rings. The van der Waals surface area contributed by atoms with Gasteiger partial charge in [-0.05, 0) is 70.9 Å². The molecule has 3 rings (SSSR count). The van der Waals surface area contributed by atoms with Crippen LogP contribution in [0.25, 0.3) is 0 Å². The lowest BCUT2D eigenvalue weighted by atomic mass is 10.0. The summed E-state index contributed by atoms with van der Waals surface area (Å²) in [6.45, 7) is 13.5. The average Bonchev–Trinajstić information content (AvgIpc) is 2.76. The van der Waals surface area contributed by atoms with Crippen molar-refractivity contribution in [3.63, 3.8) is 0 Å². The minimum Gasteiger partial charge on any atom is -0.444 e. The summed E-state index contributed by atoms with van der Waals surface area (Å²) < 4.78 is 5.53. The number of piperazine rings is 1. The van der Waals surface area contributed by atoms with Crippen LogP contribution >= 0.6 is 11.6 Å². The third-order valence-corrected chi connectivity index (χ3v) is 6.45. The van der Waals surface area contributed by atoms with Crippen molar-refractivity contribution in [1.29, 1.82) is 0 Å². The molecule has 1 saturated heterocycles. The van der Waals surface area contributed by atoms with E-state index in [1.165, 1.54) is 6.20 Å². The maximum absolute atomic E-state index is 12.9. The zero-order valence-corrected chi connectivity index (χ0v) is 22.4. The number of hydrogen-bond donors (Lipinski definition) is 2. The standard InChI is InChI=1S/C26H34ClN5O4/c1-15-13-31(7-8-32(15)25(35)36-26(4,5)6)14-20-9-18(23(28)33)11-22(16(20)2)30-24(34)19-10-21(27)17(3)29-12-19/h9-12,15H,7-8,13-14H2,1-6H3,(H2,28,33)(H,30,34)/t15-/m0/s1. The van der Waals surface area contributed by atoms with Gasteiger partial charge in [0.25, 0.3) is 5.91 Å². The van der Waals surface area contributed by atoms with Crippen molar-refractivity contribution in [2.45, 2.75) is 59.7 Å². The van der Waals surface area contributed by atoms with Gasteiger partial charge in [0.05, 0.1) is 16.3 Å². The van der Waals surface area contributed by atoms with Crippen molar-refractivity contribution in [2.24, 2.45) is 5.73 Å². The third kappa shape index (κ3) is 6.73. The second kappa shape index (κ2) is 10.8. The number of carbonyl (C=O) groups is 3. The van der Waals surface area contributed by atoms with Crippen LogP contribution in [-0.4, -0.2) is 64.0 Å². The molecule has 2 heterocycles. The summed E-state index contributed by atoms with van der Waals surface area (Å²) in [5.41, 5.74) is 8.44. The molecule has 194 valence electrons. The number of nitrogens with zero attached hydrogens (tertiary/aromatic N) is 3. The van der Waals surface area contributed by atoms with E-state index in [2.05, 4.69) is 15.2 Å². The molecule has 0 aliphatic carbocycles. The van der Waals surface area contributed by atoms with E-state index in [4.69, 9.17) is 22.1 Å². The number of carbonyl (C=O) groups excluding carboxylic acids is 3. The normalized spacial score (nSPS) is 16.5. The Labute approximate surface area is 216 Å². The molecule has 3 N–H and O–H groups in total. The molecule has 1 fully saturated rings. The number of amides is 3. The maximum Gasteiger partial charge on any atom is 0.410 e. The van der Waals surface area contributed by atoms with Gasteiger partial charge in [0.2, 0.25) is 5.91 Å². The number of halogens is 1. The fourth-order valence-corrected chi connectivity index (χ4v) is 4.21. The van der Waals surface area contributed by atoms with E-state index >= 15 is 0 Å². The van der Waals surface area contributed by atoms with Gasteiger partial charge in [0.15, 0.2) is 0 Å². The van der Waals surface area contributed by atoms with E-state index in [0.717, 1.165) is 11.1 Å². The number of aromatic nitrogens is 1. The Morgan fingerprint density at radius 2 is 1.86 bits per heavy atom. The molecule has 9 nitrogen and oxygen atoms in total. The number of aryl methyl sites for hydroxylation is 1. The smallest absolute Gasteiger partial charge is 0.410 e. The fourth-order valence-electron chi connectivity index (χ4n) is 4.04. The molecule has 0 saturated carbocycles. The Morgan fingerprint density at radius 3 is 2.44 bits per heavy atom. The number of anilines is 1. The molecule has 0 unspecified atom stereocenters. The minimum absolute atomic E-state index is 0.0498. The Morgan fingerprint density at radius 1 is 1.17 bits per heavy atom. The minimum atomic E-state index is -0.588. The zero-order valence-electron chi connectivity index (χ0n) is 21.6. The lowest BCUT2D eigenvalue weighted by molar-refractivity contribution is 0.000518. The van der Waals surface area contributed by atoms with Crippen LogP contribution < -0.4 is 11.1 Å². The van der Waals surface area contributed by atoms with Crippen molar-refractivity contribution < 1.29 is 19.1 Å². The summed E-state index contributed by atoms with van der Waals surface area (Å²) >= 11 is 6.12. The molecule has 1 atom stereocenters. The van der Waals surface area contributed by atoms with Crippen LogP contribution in [0, 0.1) is 13.8 Å². The van der Waals surface area contributed by atoms with Crippen LogP contribution in [0.15, 0.2) is 24.4 Å². The lowest BCUT2D eigenvalue weighted by Crippen LogP contribution is -2.54. The van der Waals surface area contributed by atoms with E-state index in [9.17, 15) is 14.4 Å². The lowest BCUT2D eigenvalue weighted by Gasteiger charge is -2.40. The molecular weight excluding hydrogens is 482 g/mol. The molecule has 1 aromatic carbocycles. The van der Waals surface area contributed by atoms with Crippen LogP contribution in [0.5, 0.6) is 0 Å². The second-order valence-corrected chi connectivity index (χ2v) is 10.6. The van der Waals surface area contributed by atoms with Crippen LogP contribution in [0.2, 0.25) is 5.02 Å². The average molecular weight is 516 g/mol. The fraction of sp³-hybridized carbons (Fsp3) is 0.462. The van der Waals surface area contributed by atoms with E-state index in [1.54, 1.807) is 30.0 Å². The number of ether oxygens (including phenoxy) is 1. The topological polar surface area (TPSA) is 118 Å². The van der Waals surface area contributed by atoms with Gasteiger partial charge in [-0.2, -0.15) is 0 Å². The molecule has 0 radical (unpaired) electrons. The quantitative estimate of drug-likeness (QED) is 0.617. The number of primary amides is 1. The second-order valence-electron chi connectivity index (χ2n) is 10.2. The van der Waals surface area contributed by atoms with Gasteiger partial charge in [-0.15, -0.1) is 0 Å². The van der Waals surface area contributed by atoms with E-state index in [-0.39, 0.29) is 18.0 Å². The molecule has 10 heteroatoms. The largest absolute Gasteiger partial charge is 0.444 e. The molecule has 0 spiro atoms. The molecule has 3 amide bonds. The Bertz CT molecular complexity index is 1180. The zero-order chi connectivity index (χ0) is 26.8. The highest BCUT2D eigenvalue weighted by Crippen LogP contribution is 2.26. The molecule has 2 aromatic rings. The first-order valence-corrected chi connectivity index (χ1v) is 12.2. The van der Waals surface area contributed by atoms with Crippen LogP contribution in [-0.2, 0) is 11.3 Å². The van der Waals surface area contributed by atoms with Gasteiger partial charge in [-0.25, -0.2) is 4.79 Å². The maximum atomic E-state index is 12.9. The Balaban J connectivity index is 1.78. The van der Waals surface area contributed by atoms with Gasteiger partial charge in [-0.1, -0.05) is 11.6 Å². The SMILES string of the molecule is Cc1ncc(C(=O)Nc2cc(C(N)=O)cc(CN3CCN(C(=O)OC(C)(C)C)[C@@H](C)C3)c2C)cc1Cl. The molecule has 1 aliphatic heterocycles. The predicted octanol–water partition coefficient (Wildman–Crippen LogP) is 4.14. The van der Waals surface area contributed by atoms with Crippen molar-refractivity contribution >= 4 is 35.2 Å². The van der Waals surface area contributed by atoms with Crippen molar-refractivity contribution in [2.75, 3.05) is 25.0 Å². The Hall–Kier alpha value is -3.17. The van der Waals surface area contributed by atoms with Crippen LogP contribution in [0.1, 0.15) is 65.2 Å². The summed E-state index contributed by atoms with van der Waals surface area (Å²) in [7, 11) is 0. The summed E-state index contributed by atoms with van der Waals surface area (Å²) in [4.78, 5) is 45.5. The number of pyridine rings is 1.